The number of aromatic carboxylic acids is 1. The molecule has 5 nitrogen and oxygen atoms in total. The molecule has 3 rings (SSSR count). The van der Waals surface area contributed by atoms with Crippen LogP contribution in [0.2, 0.25) is 0 Å². The zero-order valence-corrected chi connectivity index (χ0v) is 18.4. The summed E-state index contributed by atoms with van der Waals surface area (Å²) >= 11 is 0. The average Bonchev–Trinajstić information content (AvgIpc) is 2.68. The fourth-order valence-corrected chi connectivity index (χ4v) is 2.43. The molecular weight excluding hydrogens is 578 g/mol. The van der Waals surface area contributed by atoms with Gasteiger partial charge in [-0.15, -0.1) is 29.3 Å². The third kappa shape index (κ3) is 7.69. The molecule has 9 heteroatoms. The van der Waals surface area contributed by atoms with Gasteiger partial charge in [0.05, 0.1) is 0 Å². The first-order chi connectivity index (χ1) is 13.7. The second kappa shape index (κ2) is 11.6. The molecule has 0 aliphatic carbocycles. The summed E-state index contributed by atoms with van der Waals surface area (Å²) in [7, 11) is 1.81. The molecule has 0 amide bonds. The van der Waals surface area contributed by atoms with Crippen LogP contribution in [0, 0.1) is 13.0 Å². The van der Waals surface area contributed by atoms with E-state index in [2.05, 4.69) is 21.4 Å². The number of nitrogens with zero attached hydrogens (tertiary/aromatic N) is 2. The first-order valence-corrected chi connectivity index (χ1v) is 8.56. The van der Waals surface area contributed by atoms with Crippen LogP contribution in [0.5, 0.6) is 0 Å². The van der Waals surface area contributed by atoms with Gasteiger partial charge in [0.25, 0.3) is 0 Å². The van der Waals surface area contributed by atoms with E-state index >= 15 is 0 Å². The SMILES string of the molecule is CNCc1ccnc(-c2[c-]c(C(F)(F)F)cc(C)c2)c1.O=C(O)c1ccccn1.[Pt]. The van der Waals surface area contributed by atoms with Gasteiger partial charge in [0.15, 0.2) is 0 Å². The Bertz CT molecular complexity index is 967. The van der Waals surface area contributed by atoms with Crippen molar-refractivity contribution in [2.24, 2.45) is 0 Å². The Morgan fingerprint density at radius 3 is 2.40 bits per heavy atom. The second-order valence-corrected chi connectivity index (χ2v) is 6.08. The van der Waals surface area contributed by atoms with Crippen LogP contribution in [-0.4, -0.2) is 28.1 Å². The Kier molecular flexibility index (Phi) is 9.82. The number of aromatic nitrogens is 2. The van der Waals surface area contributed by atoms with Crippen molar-refractivity contribution in [3.63, 3.8) is 0 Å². The Labute approximate surface area is 186 Å². The molecule has 0 unspecified atom stereocenters. The van der Waals surface area contributed by atoms with Crippen molar-refractivity contribution >= 4 is 5.97 Å². The van der Waals surface area contributed by atoms with Gasteiger partial charge in [-0.3, -0.25) is 0 Å². The van der Waals surface area contributed by atoms with E-state index in [4.69, 9.17) is 5.11 Å². The van der Waals surface area contributed by atoms with Crippen molar-refractivity contribution in [1.82, 2.24) is 15.3 Å². The molecular formula is C21H19F3N3O2Pt-. The molecule has 30 heavy (non-hydrogen) atoms. The number of carboxylic acid groups (broad SMARTS) is 1. The van der Waals surface area contributed by atoms with Crippen molar-refractivity contribution in [1.29, 1.82) is 0 Å². The minimum absolute atomic E-state index is 0. The summed E-state index contributed by atoms with van der Waals surface area (Å²) in [4.78, 5) is 17.8. The predicted octanol–water partition coefficient (Wildman–Crippen LogP) is 4.37. The summed E-state index contributed by atoms with van der Waals surface area (Å²) in [6.45, 7) is 2.26. The molecule has 0 spiro atoms. The van der Waals surface area contributed by atoms with E-state index in [1.54, 1.807) is 44.4 Å². The topological polar surface area (TPSA) is 75.1 Å². The number of pyridine rings is 2. The van der Waals surface area contributed by atoms with E-state index in [1.807, 2.05) is 6.07 Å². The van der Waals surface area contributed by atoms with E-state index < -0.39 is 17.7 Å². The Morgan fingerprint density at radius 1 is 1.13 bits per heavy atom. The first kappa shape index (κ1) is 25.5. The fourth-order valence-electron chi connectivity index (χ4n) is 2.43. The molecule has 0 saturated carbocycles. The van der Waals surface area contributed by atoms with Gasteiger partial charge in [-0.1, -0.05) is 19.1 Å². The van der Waals surface area contributed by atoms with Gasteiger partial charge in [0, 0.05) is 40.0 Å². The number of carboxylic acids is 1. The maximum atomic E-state index is 12.8. The molecule has 2 heterocycles. The molecule has 162 valence electrons. The van der Waals surface area contributed by atoms with Gasteiger partial charge in [-0.25, -0.2) is 9.78 Å². The molecule has 2 aromatic heterocycles. The normalized spacial score (nSPS) is 10.4. The van der Waals surface area contributed by atoms with Crippen LogP contribution in [0.15, 0.2) is 54.9 Å². The van der Waals surface area contributed by atoms with Crippen molar-refractivity contribution in [2.45, 2.75) is 19.6 Å². The number of hydrogen-bond acceptors (Lipinski definition) is 4. The summed E-state index contributed by atoms with van der Waals surface area (Å²) in [5.74, 6) is -0.990. The van der Waals surface area contributed by atoms with Crippen LogP contribution in [0.25, 0.3) is 11.3 Å². The smallest absolute Gasteiger partial charge is 0.399 e. The van der Waals surface area contributed by atoms with Crippen molar-refractivity contribution in [3.8, 4) is 11.3 Å². The van der Waals surface area contributed by atoms with E-state index in [9.17, 15) is 18.0 Å². The zero-order chi connectivity index (χ0) is 21.4. The number of halogens is 3. The largest absolute Gasteiger partial charge is 0.477 e. The second-order valence-electron chi connectivity index (χ2n) is 6.08. The number of carbonyl (C=O) groups is 1. The summed E-state index contributed by atoms with van der Waals surface area (Å²) in [6.07, 6.45) is -1.36. The van der Waals surface area contributed by atoms with Crippen LogP contribution in [0.4, 0.5) is 13.2 Å². The Morgan fingerprint density at radius 2 is 1.87 bits per heavy atom. The maximum absolute atomic E-state index is 12.8. The van der Waals surface area contributed by atoms with E-state index in [0.717, 1.165) is 11.6 Å². The zero-order valence-electron chi connectivity index (χ0n) is 16.1. The summed E-state index contributed by atoms with van der Waals surface area (Å²) in [5.41, 5.74) is 1.65. The molecule has 0 radical (unpaired) electrons. The van der Waals surface area contributed by atoms with E-state index in [1.165, 1.54) is 12.3 Å². The van der Waals surface area contributed by atoms with E-state index in [0.29, 0.717) is 23.4 Å². The van der Waals surface area contributed by atoms with Gasteiger partial charge in [0.1, 0.15) is 5.69 Å². The van der Waals surface area contributed by atoms with Gasteiger partial charge in [0.2, 0.25) is 0 Å². The van der Waals surface area contributed by atoms with Crippen molar-refractivity contribution < 1.29 is 44.1 Å². The third-order valence-electron chi connectivity index (χ3n) is 3.68. The number of alkyl halides is 3. The van der Waals surface area contributed by atoms with Gasteiger partial charge in [-0.05, 0) is 42.1 Å². The van der Waals surface area contributed by atoms with Gasteiger partial charge < -0.3 is 15.4 Å². The molecule has 2 N–H and O–H groups in total. The summed E-state index contributed by atoms with van der Waals surface area (Å²) < 4.78 is 38.4. The number of rotatable bonds is 4. The number of benzene rings is 1. The van der Waals surface area contributed by atoms with Crippen LogP contribution in [0.3, 0.4) is 0 Å². The first-order valence-electron chi connectivity index (χ1n) is 8.56. The molecule has 0 aliphatic heterocycles. The average molecular weight is 597 g/mol. The molecule has 3 aromatic rings. The van der Waals surface area contributed by atoms with Crippen LogP contribution >= 0.6 is 0 Å². The minimum atomic E-state index is -4.40. The number of nitrogens with one attached hydrogen (secondary N) is 1. The van der Waals surface area contributed by atoms with E-state index in [-0.39, 0.29) is 26.8 Å². The Balaban J connectivity index is 0.000000379. The quantitative estimate of drug-likeness (QED) is 0.437. The Hall–Kier alpha value is -2.57. The molecule has 1 aromatic carbocycles. The summed E-state index contributed by atoms with van der Waals surface area (Å²) in [5, 5.41) is 11.3. The van der Waals surface area contributed by atoms with Gasteiger partial charge >= 0.3 is 12.1 Å². The van der Waals surface area contributed by atoms with Crippen LogP contribution in [0.1, 0.15) is 27.2 Å². The standard InChI is InChI=1S/C15H14F3N2.C6H5NO2.Pt/c1-10-5-12(8-13(6-10)15(16,17)18)14-7-11(9-19-2)3-4-20-14;8-6(9)5-3-1-2-4-7-5;/h3-7,19H,9H2,1-2H3;1-4H,(H,8,9);/q-1;;. The van der Waals surface area contributed by atoms with Gasteiger partial charge in [-0.2, -0.15) is 13.2 Å². The van der Waals surface area contributed by atoms with Crippen molar-refractivity contribution in [3.05, 3.63) is 83.3 Å². The van der Waals surface area contributed by atoms with Crippen LogP contribution in [-0.2, 0) is 33.8 Å². The molecule has 0 fully saturated rings. The molecule has 0 saturated heterocycles. The maximum Gasteiger partial charge on any atom is 0.399 e. The molecule has 0 atom stereocenters. The van der Waals surface area contributed by atoms with Crippen LogP contribution < -0.4 is 5.32 Å². The predicted molar refractivity (Wildman–Crippen MR) is 102 cm³/mol. The minimum Gasteiger partial charge on any atom is -0.477 e. The number of hydrogen-bond donors (Lipinski definition) is 2. The molecule has 0 bridgehead atoms. The summed E-state index contributed by atoms with van der Waals surface area (Å²) in [6, 6.07) is 13.5. The molecule has 0 aliphatic rings. The number of aryl methyl sites for hydroxylation is 1. The monoisotopic (exact) mass is 597 g/mol. The third-order valence-corrected chi connectivity index (χ3v) is 3.68. The fraction of sp³-hybridized carbons (Fsp3) is 0.190. The van der Waals surface area contributed by atoms with Crippen molar-refractivity contribution in [2.75, 3.05) is 7.05 Å².